The van der Waals surface area contributed by atoms with Crippen LogP contribution in [-0.4, -0.2) is 24.5 Å². The van der Waals surface area contributed by atoms with Gasteiger partial charge in [0.25, 0.3) is 5.91 Å². The zero-order valence-corrected chi connectivity index (χ0v) is 13.4. The molecule has 0 spiro atoms. The Morgan fingerprint density at radius 3 is 2.75 bits per heavy atom. The Bertz CT molecular complexity index is 526. The highest BCUT2D eigenvalue weighted by molar-refractivity contribution is 9.10. The molecule has 1 amide bonds. The molecular formula is C15H18BrNO3. The van der Waals surface area contributed by atoms with E-state index in [-0.39, 0.29) is 5.91 Å². The van der Waals surface area contributed by atoms with Crippen molar-refractivity contribution in [2.45, 2.75) is 26.9 Å². The topological polar surface area (TPSA) is 55.4 Å². The molecule has 0 saturated heterocycles. The van der Waals surface area contributed by atoms with Crippen LogP contribution in [0.4, 0.5) is 0 Å². The minimum atomic E-state index is -0.798. The molecule has 0 radical (unpaired) electrons. The lowest BCUT2D eigenvalue weighted by atomic mass is 10.1. The maximum atomic E-state index is 11.6. The number of carbonyl (C=O) groups excluding carboxylic acids is 2. The summed E-state index contributed by atoms with van der Waals surface area (Å²) >= 11 is 3.42. The smallest absolute Gasteiger partial charge is 0.331 e. The zero-order valence-electron chi connectivity index (χ0n) is 11.8. The van der Waals surface area contributed by atoms with Crippen molar-refractivity contribution in [1.29, 1.82) is 0 Å². The molecule has 0 unspecified atom stereocenters. The lowest BCUT2D eigenvalue weighted by Gasteiger charge is -2.10. The summed E-state index contributed by atoms with van der Waals surface area (Å²) in [5.74, 6) is -0.845. The van der Waals surface area contributed by atoms with Crippen molar-refractivity contribution in [1.82, 2.24) is 5.32 Å². The molecular weight excluding hydrogens is 322 g/mol. The summed E-state index contributed by atoms with van der Waals surface area (Å²) in [4.78, 5) is 23.0. The molecule has 0 aliphatic heterocycles. The van der Waals surface area contributed by atoms with Gasteiger partial charge in [-0.3, -0.25) is 4.79 Å². The highest BCUT2D eigenvalue weighted by atomic mass is 79.9. The quantitative estimate of drug-likeness (QED) is 0.662. The average molecular weight is 340 g/mol. The predicted molar refractivity (Wildman–Crippen MR) is 82.2 cm³/mol. The molecule has 1 aromatic rings. The lowest BCUT2D eigenvalue weighted by Crippen LogP contribution is -2.35. The number of hydrogen-bond donors (Lipinski definition) is 1. The van der Waals surface area contributed by atoms with Crippen LogP contribution in [0.2, 0.25) is 0 Å². The SMILES string of the molecule is CCNC(=O)[C@@H](C)OC(=O)/C=C/c1ccc(C)cc1Br. The Labute approximate surface area is 127 Å². The van der Waals surface area contributed by atoms with E-state index in [1.807, 2.05) is 25.1 Å². The summed E-state index contributed by atoms with van der Waals surface area (Å²) in [6.07, 6.45) is 2.16. The van der Waals surface area contributed by atoms with Crippen LogP contribution >= 0.6 is 15.9 Å². The van der Waals surface area contributed by atoms with Gasteiger partial charge in [-0.15, -0.1) is 0 Å². The molecule has 5 heteroatoms. The number of rotatable bonds is 5. The number of ether oxygens (including phenoxy) is 1. The third-order valence-electron chi connectivity index (χ3n) is 2.57. The number of halogens is 1. The highest BCUT2D eigenvalue weighted by Crippen LogP contribution is 2.19. The molecule has 1 N–H and O–H groups in total. The molecule has 0 bridgehead atoms. The van der Waals surface area contributed by atoms with Crippen LogP contribution in [0.5, 0.6) is 0 Å². The number of aryl methyl sites for hydroxylation is 1. The van der Waals surface area contributed by atoms with Crippen LogP contribution in [0, 0.1) is 6.92 Å². The molecule has 4 nitrogen and oxygen atoms in total. The summed E-state index contributed by atoms with van der Waals surface area (Å²) in [5.41, 5.74) is 2.00. The second kappa shape index (κ2) is 7.85. The number of nitrogens with one attached hydrogen (secondary N) is 1. The van der Waals surface area contributed by atoms with Gasteiger partial charge in [0.15, 0.2) is 6.10 Å². The molecule has 1 atom stereocenters. The monoisotopic (exact) mass is 339 g/mol. The van der Waals surface area contributed by atoms with Gasteiger partial charge < -0.3 is 10.1 Å². The van der Waals surface area contributed by atoms with Crippen molar-refractivity contribution in [3.63, 3.8) is 0 Å². The number of benzene rings is 1. The first kappa shape index (κ1) is 16.4. The minimum absolute atomic E-state index is 0.300. The zero-order chi connectivity index (χ0) is 15.1. The third kappa shape index (κ3) is 5.17. The first-order valence-corrected chi connectivity index (χ1v) is 7.16. The first-order chi connectivity index (χ1) is 9.43. The molecule has 0 heterocycles. The Morgan fingerprint density at radius 2 is 2.15 bits per heavy atom. The van der Waals surface area contributed by atoms with Crippen LogP contribution in [0.1, 0.15) is 25.0 Å². The summed E-state index contributed by atoms with van der Waals surface area (Å²) < 4.78 is 5.90. The van der Waals surface area contributed by atoms with Gasteiger partial charge >= 0.3 is 5.97 Å². The van der Waals surface area contributed by atoms with Gasteiger partial charge in [-0.05, 0) is 44.0 Å². The van der Waals surface area contributed by atoms with Crippen LogP contribution in [-0.2, 0) is 14.3 Å². The average Bonchev–Trinajstić information content (AvgIpc) is 2.37. The molecule has 0 aliphatic rings. The normalized spacial score (nSPS) is 12.2. The Morgan fingerprint density at radius 1 is 1.45 bits per heavy atom. The number of hydrogen-bond acceptors (Lipinski definition) is 3. The van der Waals surface area contributed by atoms with Gasteiger partial charge in [-0.1, -0.05) is 28.1 Å². The van der Waals surface area contributed by atoms with Crippen LogP contribution in [0.3, 0.4) is 0 Å². The molecule has 0 fully saturated rings. The van der Waals surface area contributed by atoms with E-state index in [4.69, 9.17) is 4.74 Å². The van der Waals surface area contributed by atoms with Crippen LogP contribution < -0.4 is 5.32 Å². The van der Waals surface area contributed by atoms with Gasteiger partial charge in [-0.2, -0.15) is 0 Å². The van der Waals surface area contributed by atoms with Crippen molar-refractivity contribution in [3.8, 4) is 0 Å². The summed E-state index contributed by atoms with van der Waals surface area (Å²) in [5, 5.41) is 2.59. The fraction of sp³-hybridized carbons (Fsp3) is 0.333. The van der Waals surface area contributed by atoms with Crippen molar-refractivity contribution in [3.05, 3.63) is 39.9 Å². The number of likely N-dealkylation sites (N-methyl/N-ethyl adjacent to an activating group) is 1. The number of carbonyl (C=O) groups is 2. The largest absolute Gasteiger partial charge is 0.449 e. The second-order valence-electron chi connectivity index (χ2n) is 4.33. The van der Waals surface area contributed by atoms with Crippen molar-refractivity contribution >= 4 is 33.9 Å². The summed E-state index contributed by atoms with van der Waals surface area (Å²) in [6.45, 7) is 5.84. The third-order valence-corrected chi connectivity index (χ3v) is 3.25. The van der Waals surface area contributed by atoms with E-state index >= 15 is 0 Å². The van der Waals surface area contributed by atoms with Crippen molar-refractivity contribution in [2.24, 2.45) is 0 Å². The first-order valence-electron chi connectivity index (χ1n) is 6.36. The predicted octanol–water partition coefficient (Wildman–Crippen LogP) is 2.84. The van der Waals surface area contributed by atoms with E-state index in [9.17, 15) is 9.59 Å². The minimum Gasteiger partial charge on any atom is -0.449 e. The lowest BCUT2D eigenvalue weighted by molar-refractivity contribution is -0.150. The van der Waals surface area contributed by atoms with E-state index < -0.39 is 12.1 Å². The van der Waals surface area contributed by atoms with Crippen LogP contribution in [0.25, 0.3) is 6.08 Å². The number of esters is 1. The van der Waals surface area contributed by atoms with Gasteiger partial charge in [-0.25, -0.2) is 4.79 Å². The Kier molecular flexibility index (Phi) is 6.45. The summed E-state index contributed by atoms with van der Waals surface area (Å²) in [6, 6.07) is 5.81. The Hall–Kier alpha value is -1.62. The fourth-order valence-electron chi connectivity index (χ4n) is 1.51. The van der Waals surface area contributed by atoms with Crippen molar-refractivity contribution in [2.75, 3.05) is 6.54 Å². The molecule has 0 aliphatic carbocycles. The molecule has 0 aromatic heterocycles. The van der Waals surface area contributed by atoms with E-state index in [1.165, 1.54) is 6.08 Å². The standard InChI is InChI=1S/C15H18BrNO3/c1-4-17-15(19)11(3)20-14(18)8-7-12-6-5-10(2)9-13(12)16/h5-9,11H,4H2,1-3H3,(H,17,19)/b8-7+/t11-/m1/s1. The van der Waals surface area contributed by atoms with E-state index in [0.29, 0.717) is 6.54 Å². The molecule has 108 valence electrons. The van der Waals surface area contributed by atoms with E-state index in [1.54, 1.807) is 19.9 Å². The van der Waals surface area contributed by atoms with Gasteiger partial charge in [0, 0.05) is 17.1 Å². The molecule has 1 aromatic carbocycles. The maximum Gasteiger partial charge on any atom is 0.331 e. The highest BCUT2D eigenvalue weighted by Gasteiger charge is 2.15. The van der Waals surface area contributed by atoms with Gasteiger partial charge in [0.2, 0.25) is 0 Å². The second-order valence-corrected chi connectivity index (χ2v) is 5.19. The fourth-order valence-corrected chi connectivity index (χ4v) is 2.14. The molecule has 0 saturated carbocycles. The van der Waals surface area contributed by atoms with E-state index in [2.05, 4.69) is 21.2 Å². The van der Waals surface area contributed by atoms with Gasteiger partial charge in [0.05, 0.1) is 0 Å². The van der Waals surface area contributed by atoms with Gasteiger partial charge in [0.1, 0.15) is 0 Å². The van der Waals surface area contributed by atoms with E-state index in [0.717, 1.165) is 15.6 Å². The number of amides is 1. The maximum absolute atomic E-state index is 11.6. The molecule has 1 rings (SSSR count). The molecule has 20 heavy (non-hydrogen) atoms. The van der Waals surface area contributed by atoms with Crippen molar-refractivity contribution < 1.29 is 14.3 Å². The van der Waals surface area contributed by atoms with Crippen LogP contribution in [0.15, 0.2) is 28.7 Å². The Balaban J connectivity index is 2.61. The summed E-state index contributed by atoms with van der Waals surface area (Å²) in [7, 11) is 0.